The second-order valence-electron chi connectivity index (χ2n) is 7.72. The van der Waals surface area contributed by atoms with Gasteiger partial charge in [-0.25, -0.2) is 0 Å². The number of Topliss-reactive ketones (excluding diaryl/α,β-unsaturated/α-hetero) is 4. The minimum atomic E-state index is -1.18. The minimum absolute atomic E-state index is 0.0198. The SMILES string of the molecule is CCOC(OCC)C(=O)c1ccc2c(c1)C(=O)C(=O)c1cc(C(=O)C(OCC)OCC)ccc1C2=O. The van der Waals surface area contributed by atoms with E-state index < -0.39 is 41.5 Å². The van der Waals surface area contributed by atoms with E-state index in [1.54, 1.807) is 27.7 Å². The third-order valence-electron chi connectivity index (χ3n) is 5.49. The molecule has 0 unspecified atom stereocenters. The fourth-order valence-electron chi connectivity index (χ4n) is 3.83. The molecule has 9 nitrogen and oxygen atoms in total. The minimum Gasteiger partial charge on any atom is -0.346 e. The van der Waals surface area contributed by atoms with Crippen molar-refractivity contribution in [3.8, 4) is 0 Å². The Bertz CT molecular complexity index is 1090. The quantitative estimate of drug-likeness (QED) is 0.247. The smallest absolute Gasteiger partial charge is 0.234 e. The van der Waals surface area contributed by atoms with Crippen LogP contribution in [-0.4, -0.2) is 67.9 Å². The summed E-state index contributed by atoms with van der Waals surface area (Å²) in [6.45, 7) is 7.72. The van der Waals surface area contributed by atoms with Crippen LogP contribution >= 0.6 is 0 Å². The van der Waals surface area contributed by atoms with Gasteiger partial charge in [0.2, 0.25) is 35.7 Å². The van der Waals surface area contributed by atoms with Crippen LogP contribution in [0, 0.1) is 0 Å². The van der Waals surface area contributed by atoms with E-state index in [0.717, 1.165) is 0 Å². The van der Waals surface area contributed by atoms with Gasteiger partial charge in [-0.3, -0.25) is 24.0 Å². The molecule has 0 bridgehead atoms. The highest BCUT2D eigenvalue weighted by Gasteiger charge is 2.35. The molecule has 2 aromatic rings. The maximum atomic E-state index is 13.3. The number of hydrogen-bond donors (Lipinski definition) is 0. The molecule has 0 aliphatic heterocycles. The van der Waals surface area contributed by atoms with Crippen LogP contribution in [0.25, 0.3) is 0 Å². The molecule has 0 spiro atoms. The summed E-state index contributed by atoms with van der Waals surface area (Å²) in [4.78, 5) is 65.4. The van der Waals surface area contributed by atoms with Crippen LogP contribution in [0.1, 0.15) is 85.0 Å². The Hall–Kier alpha value is -3.37. The molecule has 36 heavy (non-hydrogen) atoms. The van der Waals surface area contributed by atoms with Gasteiger partial charge < -0.3 is 18.9 Å². The zero-order chi connectivity index (χ0) is 26.4. The van der Waals surface area contributed by atoms with Crippen molar-refractivity contribution in [1.29, 1.82) is 0 Å². The summed E-state index contributed by atoms with van der Waals surface area (Å²) in [5.41, 5.74) is -0.316. The molecule has 1 aliphatic carbocycles. The zero-order valence-corrected chi connectivity index (χ0v) is 20.6. The van der Waals surface area contributed by atoms with Gasteiger partial charge in [-0.05, 0) is 52.0 Å². The number of fused-ring (bicyclic) bond motifs is 2. The molecular weight excluding hydrogens is 468 g/mol. The number of carbonyl (C=O) groups is 5. The molecule has 0 heterocycles. The fraction of sp³-hybridized carbons (Fsp3) is 0.370. The lowest BCUT2D eigenvalue weighted by molar-refractivity contribution is -0.107. The monoisotopic (exact) mass is 496 g/mol. The van der Waals surface area contributed by atoms with Gasteiger partial charge in [0, 0.05) is 59.8 Å². The van der Waals surface area contributed by atoms with Crippen molar-refractivity contribution >= 4 is 28.9 Å². The second-order valence-corrected chi connectivity index (χ2v) is 7.72. The van der Waals surface area contributed by atoms with Crippen LogP contribution in [0.2, 0.25) is 0 Å². The van der Waals surface area contributed by atoms with Crippen molar-refractivity contribution in [2.75, 3.05) is 26.4 Å². The van der Waals surface area contributed by atoms with E-state index in [4.69, 9.17) is 18.9 Å². The molecule has 1 aliphatic rings. The molecule has 0 fully saturated rings. The number of rotatable bonds is 12. The Morgan fingerprint density at radius 2 is 0.889 bits per heavy atom. The standard InChI is InChI=1S/C27H28O9/c1-5-33-26(34-6-2)21(28)15-9-11-17-19(13-15)24(31)25(32)20-14-16(10-12-18(20)23(17)30)22(29)27(35-7-3)36-8-4/h9-14,26-27H,5-8H2,1-4H3. The Labute approximate surface area is 208 Å². The average molecular weight is 497 g/mol. The predicted octanol–water partition coefficient (Wildman–Crippen LogP) is 3.46. The number of benzene rings is 2. The zero-order valence-electron chi connectivity index (χ0n) is 20.6. The summed E-state index contributed by atoms with van der Waals surface area (Å²) in [7, 11) is 0. The first-order valence-electron chi connectivity index (χ1n) is 11.7. The third kappa shape index (κ3) is 5.39. The topological polar surface area (TPSA) is 122 Å². The Balaban J connectivity index is 2.02. The van der Waals surface area contributed by atoms with Crippen LogP contribution in [0.5, 0.6) is 0 Å². The number of hydrogen-bond acceptors (Lipinski definition) is 9. The molecule has 190 valence electrons. The van der Waals surface area contributed by atoms with Gasteiger partial charge in [-0.15, -0.1) is 0 Å². The van der Waals surface area contributed by atoms with Crippen LogP contribution in [0.3, 0.4) is 0 Å². The molecule has 2 aromatic carbocycles. The number of carbonyl (C=O) groups excluding carboxylic acids is 5. The van der Waals surface area contributed by atoms with Gasteiger partial charge in [0.15, 0.2) is 5.78 Å². The van der Waals surface area contributed by atoms with E-state index in [2.05, 4.69) is 0 Å². The van der Waals surface area contributed by atoms with Gasteiger partial charge in [0.25, 0.3) is 0 Å². The Kier molecular flexibility index (Phi) is 9.11. The van der Waals surface area contributed by atoms with Gasteiger partial charge in [-0.1, -0.05) is 12.1 Å². The molecule has 9 heteroatoms. The Morgan fingerprint density at radius 1 is 0.556 bits per heavy atom. The van der Waals surface area contributed by atoms with Crippen molar-refractivity contribution < 1.29 is 42.9 Å². The molecule has 0 atom stereocenters. The van der Waals surface area contributed by atoms with Gasteiger partial charge in [0.1, 0.15) is 0 Å². The molecular formula is C27H28O9. The summed E-state index contributed by atoms with van der Waals surface area (Å²) in [6.07, 6.45) is -2.36. The van der Waals surface area contributed by atoms with Gasteiger partial charge in [0.05, 0.1) is 0 Å². The molecule has 0 radical (unpaired) electrons. The maximum absolute atomic E-state index is 13.3. The lowest BCUT2D eigenvalue weighted by atomic mass is 9.95. The second kappa shape index (κ2) is 12.0. The van der Waals surface area contributed by atoms with E-state index >= 15 is 0 Å². The van der Waals surface area contributed by atoms with Crippen LogP contribution in [0.15, 0.2) is 36.4 Å². The van der Waals surface area contributed by atoms with Crippen LogP contribution in [0.4, 0.5) is 0 Å². The molecule has 0 saturated carbocycles. The lowest BCUT2D eigenvalue weighted by Gasteiger charge is -2.16. The van der Waals surface area contributed by atoms with Crippen LogP contribution in [-0.2, 0) is 18.9 Å². The van der Waals surface area contributed by atoms with E-state index in [-0.39, 0.29) is 59.8 Å². The van der Waals surface area contributed by atoms with Crippen molar-refractivity contribution in [1.82, 2.24) is 0 Å². The first kappa shape index (κ1) is 27.2. The third-order valence-corrected chi connectivity index (χ3v) is 5.49. The fourth-order valence-corrected chi connectivity index (χ4v) is 3.83. The highest BCUT2D eigenvalue weighted by Crippen LogP contribution is 2.27. The molecule has 0 aromatic heterocycles. The Morgan fingerprint density at radius 3 is 1.19 bits per heavy atom. The summed E-state index contributed by atoms with van der Waals surface area (Å²) in [5, 5.41) is 0. The van der Waals surface area contributed by atoms with Gasteiger partial charge in [-0.2, -0.15) is 0 Å². The van der Waals surface area contributed by atoms with E-state index in [1.807, 2.05) is 0 Å². The normalized spacial score (nSPS) is 13.1. The highest BCUT2D eigenvalue weighted by molar-refractivity contribution is 6.53. The molecule has 0 N–H and O–H groups in total. The van der Waals surface area contributed by atoms with Crippen molar-refractivity contribution in [2.45, 2.75) is 40.3 Å². The van der Waals surface area contributed by atoms with Crippen molar-refractivity contribution in [3.05, 3.63) is 69.8 Å². The van der Waals surface area contributed by atoms with E-state index in [9.17, 15) is 24.0 Å². The first-order valence-corrected chi connectivity index (χ1v) is 11.7. The van der Waals surface area contributed by atoms with Gasteiger partial charge >= 0.3 is 0 Å². The van der Waals surface area contributed by atoms with E-state index in [1.165, 1.54) is 36.4 Å². The lowest BCUT2D eigenvalue weighted by Crippen LogP contribution is -2.28. The summed E-state index contributed by atoms with van der Waals surface area (Å²) in [6, 6.07) is 7.86. The average Bonchev–Trinajstić information content (AvgIpc) is 2.96. The van der Waals surface area contributed by atoms with E-state index in [0.29, 0.717) is 0 Å². The molecule has 0 amide bonds. The van der Waals surface area contributed by atoms with Crippen LogP contribution < -0.4 is 0 Å². The van der Waals surface area contributed by atoms with Crippen molar-refractivity contribution in [2.24, 2.45) is 0 Å². The van der Waals surface area contributed by atoms with Crippen molar-refractivity contribution in [3.63, 3.8) is 0 Å². The number of ketones is 5. The maximum Gasteiger partial charge on any atom is 0.234 e. The predicted molar refractivity (Wildman–Crippen MR) is 128 cm³/mol. The molecule has 0 saturated heterocycles. The molecule has 3 rings (SSSR count). The summed E-state index contributed by atoms with van der Waals surface area (Å²) in [5.74, 6) is -3.59. The largest absolute Gasteiger partial charge is 0.346 e. The summed E-state index contributed by atoms with van der Waals surface area (Å²) >= 11 is 0. The summed E-state index contributed by atoms with van der Waals surface area (Å²) < 4.78 is 21.3. The first-order chi connectivity index (χ1) is 17.3. The highest BCUT2D eigenvalue weighted by atomic mass is 16.7. The number of ether oxygens (including phenoxy) is 4.